The predicted molar refractivity (Wildman–Crippen MR) is 90.0 cm³/mol. The van der Waals surface area contributed by atoms with Crippen LogP contribution in [0, 0.1) is 5.92 Å². The average Bonchev–Trinajstić information content (AvgIpc) is 2.94. The van der Waals surface area contributed by atoms with Crippen molar-refractivity contribution < 1.29 is 4.74 Å². The Bertz CT molecular complexity index is 624. The highest BCUT2D eigenvalue weighted by molar-refractivity contribution is 5.50. The third kappa shape index (κ3) is 4.18. The molecule has 3 rings (SSSR count). The second-order valence-electron chi connectivity index (χ2n) is 5.92. The van der Waals surface area contributed by atoms with Crippen molar-refractivity contribution in [1.82, 2.24) is 9.88 Å². The molecular weight excluding hydrogens is 272 g/mol. The maximum absolute atomic E-state index is 5.81. The SMILES string of the molecule is CN1CCC(CC=Cc2cncc(Oc3ccccc3)c2)C1. The number of hydrogen-bond donors (Lipinski definition) is 0. The van der Waals surface area contributed by atoms with E-state index >= 15 is 0 Å². The van der Waals surface area contributed by atoms with Crippen LogP contribution in [0.4, 0.5) is 0 Å². The Morgan fingerprint density at radius 1 is 1.23 bits per heavy atom. The lowest BCUT2D eigenvalue weighted by Crippen LogP contribution is -2.13. The zero-order chi connectivity index (χ0) is 15.2. The smallest absolute Gasteiger partial charge is 0.146 e. The van der Waals surface area contributed by atoms with Gasteiger partial charge in [-0.15, -0.1) is 0 Å². The first-order chi connectivity index (χ1) is 10.8. The molecule has 1 aliphatic rings. The zero-order valence-corrected chi connectivity index (χ0v) is 13.0. The summed E-state index contributed by atoms with van der Waals surface area (Å²) < 4.78 is 5.81. The van der Waals surface area contributed by atoms with E-state index in [4.69, 9.17) is 4.74 Å². The highest BCUT2D eigenvalue weighted by Crippen LogP contribution is 2.22. The van der Waals surface area contributed by atoms with Crippen LogP contribution in [0.5, 0.6) is 11.5 Å². The Labute approximate surface area is 132 Å². The molecule has 1 atom stereocenters. The fourth-order valence-corrected chi connectivity index (χ4v) is 2.82. The number of nitrogens with zero attached hydrogens (tertiary/aromatic N) is 2. The third-order valence-corrected chi connectivity index (χ3v) is 3.98. The Hall–Kier alpha value is -2.13. The first-order valence-corrected chi connectivity index (χ1v) is 7.82. The highest BCUT2D eigenvalue weighted by atomic mass is 16.5. The molecule has 22 heavy (non-hydrogen) atoms. The molecule has 0 saturated carbocycles. The van der Waals surface area contributed by atoms with Crippen LogP contribution in [0.1, 0.15) is 18.4 Å². The molecule has 0 spiro atoms. The summed E-state index contributed by atoms with van der Waals surface area (Å²) in [5.41, 5.74) is 1.08. The molecule has 0 bridgehead atoms. The van der Waals surface area contributed by atoms with Crippen molar-refractivity contribution in [3.05, 3.63) is 60.4 Å². The van der Waals surface area contributed by atoms with Crippen molar-refractivity contribution in [3.8, 4) is 11.5 Å². The van der Waals surface area contributed by atoms with E-state index in [0.29, 0.717) is 0 Å². The van der Waals surface area contributed by atoms with Gasteiger partial charge in [0, 0.05) is 12.7 Å². The van der Waals surface area contributed by atoms with Gasteiger partial charge in [0.2, 0.25) is 0 Å². The molecule has 0 amide bonds. The Morgan fingerprint density at radius 2 is 2.09 bits per heavy atom. The monoisotopic (exact) mass is 294 g/mol. The van der Waals surface area contributed by atoms with Crippen LogP contribution in [0.15, 0.2) is 54.9 Å². The van der Waals surface area contributed by atoms with Gasteiger partial charge in [-0.1, -0.05) is 30.4 Å². The molecule has 1 fully saturated rings. The van der Waals surface area contributed by atoms with Gasteiger partial charge in [0.1, 0.15) is 11.5 Å². The van der Waals surface area contributed by atoms with Gasteiger partial charge in [0.05, 0.1) is 6.20 Å². The molecule has 0 radical (unpaired) electrons. The number of likely N-dealkylation sites (tertiary alicyclic amines) is 1. The van der Waals surface area contributed by atoms with Gasteiger partial charge in [0.25, 0.3) is 0 Å². The molecule has 3 nitrogen and oxygen atoms in total. The van der Waals surface area contributed by atoms with E-state index in [1.807, 2.05) is 42.6 Å². The second kappa shape index (κ2) is 7.23. The zero-order valence-electron chi connectivity index (χ0n) is 13.0. The number of ether oxygens (including phenoxy) is 1. The summed E-state index contributed by atoms with van der Waals surface area (Å²) in [6.07, 6.45) is 10.5. The van der Waals surface area contributed by atoms with Crippen LogP contribution < -0.4 is 4.74 Å². The minimum Gasteiger partial charge on any atom is -0.456 e. The number of pyridine rings is 1. The van der Waals surface area contributed by atoms with Crippen LogP contribution in [-0.4, -0.2) is 30.0 Å². The van der Waals surface area contributed by atoms with E-state index in [2.05, 4.69) is 29.1 Å². The standard InChI is InChI=1S/C19H22N2O/c1-21-11-10-16(15-21)6-5-7-17-12-19(14-20-13-17)22-18-8-3-2-4-9-18/h2-5,7-9,12-14,16H,6,10-11,15H2,1H3. The summed E-state index contributed by atoms with van der Waals surface area (Å²) in [5.74, 6) is 2.39. The molecule has 1 saturated heterocycles. The van der Waals surface area contributed by atoms with Gasteiger partial charge in [-0.05, 0) is 56.1 Å². The van der Waals surface area contributed by atoms with Crippen molar-refractivity contribution in [2.75, 3.05) is 20.1 Å². The third-order valence-electron chi connectivity index (χ3n) is 3.98. The summed E-state index contributed by atoms with van der Waals surface area (Å²) in [7, 11) is 2.19. The van der Waals surface area contributed by atoms with Crippen LogP contribution in [0.2, 0.25) is 0 Å². The van der Waals surface area contributed by atoms with E-state index in [1.54, 1.807) is 6.20 Å². The maximum Gasteiger partial charge on any atom is 0.146 e. The van der Waals surface area contributed by atoms with E-state index in [0.717, 1.165) is 29.4 Å². The molecule has 1 unspecified atom stereocenters. The van der Waals surface area contributed by atoms with E-state index in [1.165, 1.54) is 19.5 Å². The number of para-hydroxylation sites is 1. The summed E-state index contributed by atoms with van der Waals surface area (Å²) in [5, 5.41) is 0. The molecule has 1 aromatic heterocycles. The topological polar surface area (TPSA) is 25.4 Å². The minimum absolute atomic E-state index is 0.772. The largest absolute Gasteiger partial charge is 0.456 e. The number of aromatic nitrogens is 1. The summed E-state index contributed by atoms with van der Waals surface area (Å²) in [6.45, 7) is 2.43. The highest BCUT2D eigenvalue weighted by Gasteiger charge is 2.17. The molecule has 1 aliphatic heterocycles. The fraction of sp³-hybridized carbons (Fsp3) is 0.316. The lowest BCUT2D eigenvalue weighted by molar-refractivity contribution is 0.396. The van der Waals surface area contributed by atoms with Gasteiger partial charge in [-0.3, -0.25) is 4.98 Å². The van der Waals surface area contributed by atoms with Crippen LogP contribution >= 0.6 is 0 Å². The lowest BCUT2D eigenvalue weighted by Gasteiger charge is -2.07. The summed E-state index contributed by atoms with van der Waals surface area (Å²) >= 11 is 0. The molecular formula is C19H22N2O. The second-order valence-corrected chi connectivity index (χ2v) is 5.92. The van der Waals surface area contributed by atoms with Crippen molar-refractivity contribution in [2.45, 2.75) is 12.8 Å². The average molecular weight is 294 g/mol. The van der Waals surface area contributed by atoms with Gasteiger partial charge in [-0.25, -0.2) is 0 Å². The van der Waals surface area contributed by atoms with Gasteiger partial charge < -0.3 is 9.64 Å². The van der Waals surface area contributed by atoms with Crippen molar-refractivity contribution in [3.63, 3.8) is 0 Å². The van der Waals surface area contributed by atoms with Crippen LogP contribution in [-0.2, 0) is 0 Å². The Balaban J connectivity index is 1.59. The lowest BCUT2D eigenvalue weighted by atomic mass is 10.0. The van der Waals surface area contributed by atoms with E-state index in [-0.39, 0.29) is 0 Å². The van der Waals surface area contributed by atoms with E-state index in [9.17, 15) is 0 Å². The number of rotatable bonds is 5. The molecule has 2 aromatic rings. The molecule has 0 N–H and O–H groups in total. The molecule has 1 aromatic carbocycles. The molecule has 114 valence electrons. The Kier molecular flexibility index (Phi) is 4.86. The van der Waals surface area contributed by atoms with E-state index < -0.39 is 0 Å². The Morgan fingerprint density at radius 3 is 2.86 bits per heavy atom. The van der Waals surface area contributed by atoms with Gasteiger partial charge in [-0.2, -0.15) is 0 Å². The van der Waals surface area contributed by atoms with Crippen molar-refractivity contribution in [1.29, 1.82) is 0 Å². The fourth-order valence-electron chi connectivity index (χ4n) is 2.82. The molecule has 2 heterocycles. The number of hydrogen-bond acceptors (Lipinski definition) is 3. The summed E-state index contributed by atoms with van der Waals surface area (Å²) in [4.78, 5) is 6.66. The normalized spacial score (nSPS) is 18.9. The molecule has 0 aliphatic carbocycles. The maximum atomic E-state index is 5.81. The van der Waals surface area contributed by atoms with Gasteiger partial charge >= 0.3 is 0 Å². The first kappa shape index (κ1) is 14.8. The minimum atomic E-state index is 0.772. The molecule has 3 heteroatoms. The number of allylic oxidation sites excluding steroid dienone is 1. The van der Waals surface area contributed by atoms with Crippen LogP contribution in [0.3, 0.4) is 0 Å². The predicted octanol–water partition coefficient (Wildman–Crippen LogP) is 4.23. The summed E-state index contributed by atoms with van der Waals surface area (Å²) in [6, 6.07) is 11.8. The van der Waals surface area contributed by atoms with Crippen molar-refractivity contribution >= 4 is 6.08 Å². The number of benzene rings is 1. The van der Waals surface area contributed by atoms with Gasteiger partial charge in [0.15, 0.2) is 0 Å². The first-order valence-electron chi connectivity index (χ1n) is 7.82. The van der Waals surface area contributed by atoms with Crippen LogP contribution in [0.25, 0.3) is 6.08 Å². The quantitative estimate of drug-likeness (QED) is 0.825. The van der Waals surface area contributed by atoms with Crippen molar-refractivity contribution in [2.24, 2.45) is 5.92 Å².